The summed E-state index contributed by atoms with van der Waals surface area (Å²) >= 11 is 2.74. The van der Waals surface area contributed by atoms with Crippen LogP contribution >= 0.6 is 15.9 Å². The molecule has 2 aromatic rings. The summed E-state index contributed by atoms with van der Waals surface area (Å²) in [5.74, 6) is -7.58. The Morgan fingerprint density at radius 3 is 1.10 bits per heavy atom. The molecule has 0 radical (unpaired) electrons. The smallest absolute Gasteiger partial charge is 0.133 e. The van der Waals surface area contributed by atoms with E-state index in [4.69, 9.17) is 0 Å². The number of halogens is 7. The van der Waals surface area contributed by atoms with Crippen molar-refractivity contribution in [3.05, 3.63) is 70.3 Å². The lowest BCUT2D eigenvalue weighted by Crippen LogP contribution is -2.06. The molecule has 106 valence electrons. The Bertz CT molecular complexity index is 566. The van der Waals surface area contributed by atoms with Gasteiger partial charge in [-0.25, -0.2) is 26.3 Å². The summed E-state index contributed by atoms with van der Waals surface area (Å²) in [6.45, 7) is 0. The molecule has 0 bridgehead atoms. The minimum atomic E-state index is -1.57. The third kappa shape index (κ3) is 2.67. The SMILES string of the molecule is Fc1cc(F)c(C(Br)c2c(F)cc(F)cc2F)c(F)c1. The maximum atomic E-state index is 13.6. The molecule has 0 heterocycles. The van der Waals surface area contributed by atoms with E-state index in [0.717, 1.165) is 0 Å². The summed E-state index contributed by atoms with van der Waals surface area (Å²) in [4.78, 5) is -1.57. The molecule has 0 aliphatic carbocycles. The molecule has 20 heavy (non-hydrogen) atoms. The number of rotatable bonds is 2. The van der Waals surface area contributed by atoms with E-state index < -0.39 is 50.9 Å². The molecule has 0 amide bonds. The number of hydrogen-bond donors (Lipinski definition) is 0. The quantitative estimate of drug-likeness (QED) is 0.525. The highest BCUT2D eigenvalue weighted by atomic mass is 79.9. The van der Waals surface area contributed by atoms with E-state index in [-0.39, 0.29) is 0 Å². The number of alkyl halides is 1. The molecule has 0 N–H and O–H groups in total. The molecule has 2 rings (SSSR count). The molecule has 0 nitrogen and oxygen atoms in total. The van der Waals surface area contributed by atoms with Gasteiger partial charge in [-0.15, -0.1) is 0 Å². The van der Waals surface area contributed by atoms with E-state index in [0.29, 0.717) is 24.3 Å². The Morgan fingerprint density at radius 2 is 0.850 bits per heavy atom. The maximum Gasteiger partial charge on any atom is 0.133 e. The second-order valence-corrected chi connectivity index (χ2v) is 4.84. The van der Waals surface area contributed by atoms with Crippen LogP contribution in [0.3, 0.4) is 0 Å². The molecule has 0 saturated heterocycles. The molecule has 0 aliphatic heterocycles. The molecule has 0 aromatic heterocycles. The molecule has 2 aromatic carbocycles. The van der Waals surface area contributed by atoms with Crippen LogP contribution in [-0.2, 0) is 0 Å². The Labute approximate surface area is 118 Å². The van der Waals surface area contributed by atoms with Gasteiger partial charge in [0.15, 0.2) is 0 Å². The second-order valence-electron chi connectivity index (χ2n) is 3.93. The van der Waals surface area contributed by atoms with Crippen molar-refractivity contribution in [2.24, 2.45) is 0 Å². The first kappa shape index (κ1) is 14.9. The van der Waals surface area contributed by atoms with Crippen LogP contribution in [0.5, 0.6) is 0 Å². The van der Waals surface area contributed by atoms with Gasteiger partial charge in [-0.1, -0.05) is 15.9 Å². The average Bonchev–Trinajstić information content (AvgIpc) is 2.25. The van der Waals surface area contributed by atoms with Gasteiger partial charge >= 0.3 is 0 Å². The van der Waals surface area contributed by atoms with E-state index in [1.165, 1.54) is 0 Å². The van der Waals surface area contributed by atoms with Gasteiger partial charge in [0.2, 0.25) is 0 Å². The summed E-state index contributed by atoms with van der Waals surface area (Å²) in [6, 6.07) is 1.52. The first-order valence-corrected chi connectivity index (χ1v) is 6.15. The Morgan fingerprint density at radius 1 is 0.600 bits per heavy atom. The predicted octanol–water partition coefficient (Wildman–Crippen LogP) is 5.01. The van der Waals surface area contributed by atoms with Crippen molar-refractivity contribution >= 4 is 15.9 Å². The van der Waals surface area contributed by atoms with Crippen LogP contribution < -0.4 is 0 Å². The Balaban J connectivity index is 2.61. The van der Waals surface area contributed by atoms with Crippen LogP contribution in [0.15, 0.2) is 24.3 Å². The summed E-state index contributed by atoms with van der Waals surface area (Å²) in [5.41, 5.74) is -1.54. The Hall–Kier alpha value is -1.50. The summed E-state index contributed by atoms with van der Waals surface area (Å²) in [7, 11) is 0. The van der Waals surface area contributed by atoms with Gasteiger partial charge < -0.3 is 0 Å². The van der Waals surface area contributed by atoms with Gasteiger partial charge in [-0.3, -0.25) is 0 Å². The van der Waals surface area contributed by atoms with Crippen molar-refractivity contribution < 1.29 is 26.3 Å². The molecule has 7 heteroatoms. The highest BCUT2D eigenvalue weighted by Crippen LogP contribution is 2.37. The second kappa shape index (κ2) is 5.47. The van der Waals surface area contributed by atoms with Crippen LogP contribution in [0.25, 0.3) is 0 Å². The van der Waals surface area contributed by atoms with E-state index in [2.05, 4.69) is 15.9 Å². The van der Waals surface area contributed by atoms with Crippen molar-refractivity contribution in [1.82, 2.24) is 0 Å². The lowest BCUT2D eigenvalue weighted by molar-refractivity contribution is 0.509. The normalized spacial score (nSPS) is 11.2. The molecule has 0 saturated carbocycles. The molecule has 0 atom stereocenters. The van der Waals surface area contributed by atoms with Crippen LogP contribution in [0.4, 0.5) is 26.3 Å². The van der Waals surface area contributed by atoms with Gasteiger partial charge in [0.05, 0.1) is 4.83 Å². The lowest BCUT2D eigenvalue weighted by Gasteiger charge is -2.14. The van der Waals surface area contributed by atoms with Crippen molar-refractivity contribution in [1.29, 1.82) is 0 Å². The molecular weight excluding hydrogens is 350 g/mol. The zero-order chi connectivity index (χ0) is 15.0. The third-order valence-corrected chi connectivity index (χ3v) is 3.51. The molecule has 0 fully saturated rings. The van der Waals surface area contributed by atoms with E-state index in [9.17, 15) is 26.3 Å². The third-order valence-electron chi connectivity index (χ3n) is 2.59. The monoisotopic (exact) mass is 354 g/mol. The van der Waals surface area contributed by atoms with E-state index >= 15 is 0 Å². The minimum Gasteiger partial charge on any atom is -0.207 e. The largest absolute Gasteiger partial charge is 0.207 e. The standard InChI is InChI=1S/C13H5BrF6/c14-13(11-7(17)1-5(15)2-8(11)18)12-9(19)3-6(16)4-10(12)20/h1-4,13H. The predicted molar refractivity (Wildman–Crippen MR) is 63.4 cm³/mol. The summed E-state index contributed by atoms with van der Waals surface area (Å²) in [6.07, 6.45) is 0. The van der Waals surface area contributed by atoms with Gasteiger partial charge in [0.1, 0.15) is 34.9 Å². The first-order valence-electron chi connectivity index (χ1n) is 5.24. The highest BCUT2D eigenvalue weighted by molar-refractivity contribution is 9.09. The van der Waals surface area contributed by atoms with Gasteiger partial charge in [0, 0.05) is 35.4 Å². The zero-order valence-corrected chi connectivity index (χ0v) is 11.1. The van der Waals surface area contributed by atoms with E-state index in [1.54, 1.807) is 0 Å². The topological polar surface area (TPSA) is 0 Å². The van der Waals surface area contributed by atoms with Crippen LogP contribution in [0.2, 0.25) is 0 Å². The van der Waals surface area contributed by atoms with Crippen LogP contribution in [-0.4, -0.2) is 0 Å². The van der Waals surface area contributed by atoms with Gasteiger partial charge in [0.25, 0.3) is 0 Å². The highest BCUT2D eigenvalue weighted by Gasteiger charge is 2.26. The van der Waals surface area contributed by atoms with Crippen molar-refractivity contribution in [3.8, 4) is 0 Å². The van der Waals surface area contributed by atoms with Crippen molar-refractivity contribution in [2.75, 3.05) is 0 Å². The van der Waals surface area contributed by atoms with Gasteiger partial charge in [-0.2, -0.15) is 0 Å². The van der Waals surface area contributed by atoms with Crippen molar-refractivity contribution in [2.45, 2.75) is 4.83 Å². The lowest BCUT2D eigenvalue weighted by atomic mass is 10.0. The fourth-order valence-electron chi connectivity index (χ4n) is 1.74. The van der Waals surface area contributed by atoms with E-state index in [1.807, 2.05) is 0 Å². The first-order chi connectivity index (χ1) is 9.31. The van der Waals surface area contributed by atoms with Crippen LogP contribution in [0.1, 0.15) is 16.0 Å². The molecule has 0 unspecified atom stereocenters. The average molecular weight is 355 g/mol. The fourth-order valence-corrected chi connectivity index (χ4v) is 2.61. The van der Waals surface area contributed by atoms with Gasteiger partial charge in [-0.05, 0) is 0 Å². The summed E-state index contributed by atoms with van der Waals surface area (Å²) in [5, 5.41) is 0. The molecule has 0 spiro atoms. The fraction of sp³-hybridized carbons (Fsp3) is 0.0769. The Kier molecular flexibility index (Phi) is 4.08. The minimum absolute atomic E-state index is 0.381. The molecular formula is C13H5BrF6. The van der Waals surface area contributed by atoms with Crippen LogP contribution in [0, 0.1) is 34.9 Å². The summed E-state index contributed by atoms with van der Waals surface area (Å²) < 4.78 is 79.8. The molecule has 0 aliphatic rings. The number of benzene rings is 2. The number of hydrogen-bond acceptors (Lipinski definition) is 0. The zero-order valence-electron chi connectivity index (χ0n) is 9.53. The van der Waals surface area contributed by atoms with Crippen molar-refractivity contribution in [3.63, 3.8) is 0 Å². The maximum absolute atomic E-state index is 13.6.